The average Bonchev–Trinajstić information content (AvgIpc) is 3.25. The van der Waals surface area contributed by atoms with Gasteiger partial charge in [-0.05, 0) is 59.5 Å². The molecule has 2 heterocycles. The van der Waals surface area contributed by atoms with Gasteiger partial charge in [-0.1, -0.05) is 30.3 Å². The fourth-order valence-electron chi connectivity index (χ4n) is 4.89. The lowest BCUT2D eigenvalue weighted by molar-refractivity contribution is 0.210. The minimum Gasteiger partial charge on any atom is -0.394 e. The summed E-state index contributed by atoms with van der Waals surface area (Å²) in [6.45, 7) is 0.0816. The molecule has 1 saturated heterocycles. The molecule has 5 rings (SSSR count). The van der Waals surface area contributed by atoms with E-state index in [-0.39, 0.29) is 35.8 Å². The van der Waals surface area contributed by atoms with Crippen molar-refractivity contribution in [3.05, 3.63) is 83.9 Å². The van der Waals surface area contributed by atoms with Crippen LogP contribution in [-0.2, 0) is 10.0 Å². The van der Waals surface area contributed by atoms with Gasteiger partial charge in [0.15, 0.2) is 0 Å². The molecule has 3 atom stereocenters. The molecule has 0 spiro atoms. The fraction of sp³-hybridized carbons (Fsp3) is 0.250. The number of anilines is 1. The third-order valence-corrected chi connectivity index (χ3v) is 8.34. The van der Waals surface area contributed by atoms with E-state index < -0.39 is 21.9 Å². The van der Waals surface area contributed by atoms with Crippen molar-refractivity contribution in [3.8, 4) is 11.1 Å². The van der Waals surface area contributed by atoms with E-state index in [4.69, 9.17) is 0 Å². The van der Waals surface area contributed by atoms with Gasteiger partial charge in [-0.25, -0.2) is 17.2 Å². The Morgan fingerprint density at radius 3 is 2.44 bits per heavy atom. The summed E-state index contributed by atoms with van der Waals surface area (Å²) in [5, 5.41) is 13.3. The number of aliphatic hydroxyl groups excluding tert-OH is 1. The number of nitrogens with one attached hydrogen (secondary N) is 1. The maximum Gasteiger partial charge on any atom is 0.246 e. The van der Waals surface area contributed by atoms with Crippen LogP contribution in [0.3, 0.4) is 0 Å². The van der Waals surface area contributed by atoms with Crippen LogP contribution in [0.1, 0.15) is 18.0 Å². The lowest BCUT2D eigenvalue weighted by Gasteiger charge is -2.39. The second kappa shape index (κ2) is 7.95. The van der Waals surface area contributed by atoms with E-state index >= 15 is 0 Å². The van der Waals surface area contributed by atoms with Crippen molar-refractivity contribution in [1.82, 2.24) is 4.31 Å². The smallest absolute Gasteiger partial charge is 0.246 e. The Morgan fingerprint density at radius 1 is 1.00 bits per heavy atom. The molecule has 3 aromatic carbocycles. The van der Waals surface area contributed by atoms with E-state index in [0.717, 1.165) is 28.4 Å². The number of nitrogens with zero attached hydrogens (tertiary/aromatic N) is 1. The summed E-state index contributed by atoms with van der Waals surface area (Å²) in [7, 11) is -4.10. The summed E-state index contributed by atoms with van der Waals surface area (Å²) < 4.78 is 56.1. The second-order valence-corrected chi connectivity index (χ2v) is 10.0. The summed E-state index contributed by atoms with van der Waals surface area (Å²) in [5.74, 6) is -1.29. The fourth-order valence-corrected chi connectivity index (χ4v) is 6.62. The molecule has 5 nitrogen and oxygen atoms in total. The quantitative estimate of drug-likeness (QED) is 0.618. The van der Waals surface area contributed by atoms with E-state index in [1.807, 2.05) is 18.2 Å². The summed E-state index contributed by atoms with van der Waals surface area (Å²) in [6, 6.07) is 16.2. The van der Waals surface area contributed by atoms with Crippen LogP contribution in [0.25, 0.3) is 11.1 Å². The summed E-state index contributed by atoms with van der Waals surface area (Å²) in [5.41, 5.74) is 3.11. The molecular weight excluding hydrogens is 434 g/mol. The Bertz CT molecular complexity index is 1260. The van der Waals surface area contributed by atoms with Gasteiger partial charge in [0.25, 0.3) is 0 Å². The van der Waals surface area contributed by atoms with Gasteiger partial charge in [0.05, 0.1) is 18.7 Å². The topological polar surface area (TPSA) is 69.6 Å². The van der Waals surface area contributed by atoms with E-state index in [9.17, 15) is 22.3 Å². The largest absolute Gasteiger partial charge is 0.394 e. The Kier molecular flexibility index (Phi) is 5.23. The summed E-state index contributed by atoms with van der Waals surface area (Å²) >= 11 is 0. The number of halogens is 2. The third kappa shape index (κ3) is 3.39. The first-order valence-electron chi connectivity index (χ1n) is 10.4. The second-order valence-electron chi connectivity index (χ2n) is 8.19. The monoisotopic (exact) mass is 456 g/mol. The van der Waals surface area contributed by atoms with Crippen molar-refractivity contribution in [1.29, 1.82) is 0 Å². The van der Waals surface area contributed by atoms with Crippen LogP contribution in [0.5, 0.6) is 0 Å². The zero-order valence-electron chi connectivity index (χ0n) is 17.1. The van der Waals surface area contributed by atoms with Crippen LogP contribution < -0.4 is 5.32 Å². The zero-order chi connectivity index (χ0) is 22.5. The number of benzene rings is 3. The highest BCUT2D eigenvalue weighted by atomic mass is 32.2. The van der Waals surface area contributed by atoms with E-state index in [0.29, 0.717) is 6.42 Å². The van der Waals surface area contributed by atoms with Crippen LogP contribution in [-0.4, -0.2) is 37.0 Å². The molecule has 0 bridgehead atoms. The van der Waals surface area contributed by atoms with E-state index in [1.165, 1.54) is 34.6 Å². The van der Waals surface area contributed by atoms with Gasteiger partial charge in [-0.15, -0.1) is 0 Å². The number of aliphatic hydroxyl groups is 1. The SMILES string of the molecule is O=S(=O)(c1ccccc1F)N1CC[C@@H]2[C@H](CO)Nc3ccc(-c4ccc(F)cc4)cc3[C@@H]21. The molecule has 0 amide bonds. The highest BCUT2D eigenvalue weighted by molar-refractivity contribution is 7.89. The maximum atomic E-state index is 14.4. The zero-order valence-corrected chi connectivity index (χ0v) is 17.9. The molecule has 2 aliphatic rings. The van der Waals surface area contributed by atoms with Crippen LogP contribution in [0.15, 0.2) is 71.6 Å². The molecule has 0 saturated carbocycles. The van der Waals surface area contributed by atoms with Crippen molar-refractivity contribution >= 4 is 15.7 Å². The number of rotatable bonds is 4. The molecule has 0 unspecified atom stereocenters. The molecule has 166 valence electrons. The van der Waals surface area contributed by atoms with E-state index in [2.05, 4.69) is 5.32 Å². The third-order valence-electron chi connectivity index (χ3n) is 6.42. The van der Waals surface area contributed by atoms with Gasteiger partial charge >= 0.3 is 0 Å². The van der Waals surface area contributed by atoms with Crippen LogP contribution in [0, 0.1) is 17.6 Å². The van der Waals surface area contributed by atoms with Crippen molar-refractivity contribution in [3.63, 3.8) is 0 Å². The first-order chi connectivity index (χ1) is 15.4. The molecular formula is C24H22F2N2O3S. The molecule has 2 N–H and O–H groups in total. The molecule has 0 aromatic heterocycles. The van der Waals surface area contributed by atoms with Crippen molar-refractivity contribution < 1.29 is 22.3 Å². The van der Waals surface area contributed by atoms with Gasteiger partial charge in [0.2, 0.25) is 10.0 Å². The van der Waals surface area contributed by atoms with Crippen LogP contribution in [0.2, 0.25) is 0 Å². The highest BCUT2D eigenvalue weighted by Gasteiger charge is 2.49. The normalized spacial score (nSPS) is 22.8. The van der Waals surface area contributed by atoms with Gasteiger partial charge in [-0.3, -0.25) is 0 Å². The lowest BCUT2D eigenvalue weighted by atomic mass is 9.82. The minimum atomic E-state index is -4.10. The number of hydrogen-bond donors (Lipinski definition) is 2. The van der Waals surface area contributed by atoms with Crippen LogP contribution in [0.4, 0.5) is 14.5 Å². The standard InChI is InChI=1S/C24H22F2N2O3S/c25-17-8-5-15(6-9-17)16-7-10-21-19(13-16)24-18(22(14-29)27-21)11-12-28(24)32(30,31)23-4-2-1-3-20(23)26/h1-10,13,18,22,24,27,29H,11-12,14H2/t18-,22+,24-/m1/s1. The maximum absolute atomic E-state index is 14.4. The Labute approximate surface area is 185 Å². The number of hydrogen-bond acceptors (Lipinski definition) is 4. The molecule has 8 heteroatoms. The van der Waals surface area contributed by atoms with Gasteiger partial charge in [-0.2, -0.15) is 4.31 Å². The summed E-state index contributed by atoms with van der Waals surface area (Å²) in [4.78, 5) is -0.351. The molecule has 0 radical (unpaired) electrons. The lowest BCUT2D eigenvalue weighted by Crippen LogP contribution is -2.43. The Morgan fingerprint density at radius 2 is 1.72 bits per heavy atom. The first kappa shape index (κ1) is 21.1. The molecule has 2 aliphatic heterocycles. The first-order valence-corrected chi connectivity index (χ1v) is 11.9. The van der Waals surface area contributed by atoms with Crippen LogP contribution >= 0.6 is 0 Å². The highest BCUT2D eigenvalue weighted by Crippen LogP contribution is 2.49. The number of fused-ring (bicyclic) bond motifs is 3. The molecule has 32 heavy (non-hydrogen) atoms. The van der Waals surface area contributed by atoms with Gasteiger partial charge in [0.1, 0.15) is 16.5 Å². The van der Waals surface area contributed by atoms with Gasteiger partial charge < -0.3 is 10.4 Å². The predicted molar refractivity (Wildman–Crippen MR) is 117 cm³/mol. The minimum absolute atomic E-state index is 0.145. The Hall–Kier alpha value is -2.81. The number of sulfonamides is 1. The molecule has 0 aliphatic carbocycles. The van der Waals surface area contributed by atoms with E-state index in [1.54, 1.807) is 12.1 Å². The van der Waals surface area contributed by atoms with Crippen molar-refractivity contribution in [2.75, 3.05) is 18.5 Å². The Balaban J connectivity index is 1.62. The molecule has 3 aromatic rings. The predicted octanol–water partition coefficient (Wildman–Crippen LogP) is 4.17. The van der Waals surface area contributed by atoms with Gasteiger partial charge in [0, 0.05) is 18.2 Å². The average molecular weight is 457 g/mol. The molecule has 1 fully saturated rings. The van der Waals surface area contributed by atoms with Crippen molar-refractivity contribution in [2.45, 2.75) is 23.4 Å². The van der Waals surface area contributed by atoms with Crippen molar-refractivity contribution in [2.24, 2.45) is 5.92 Å². The summed E-state index contributed by atoms with van der Waals surface area (Å²) in [6.07, 6.45) is 0.538.